The van der Waals surface area contributed by atoms with Crippen molar-refractivity contribution in [2.24, 2.45) is 0 Å². The van der Waals surface area contributed by atoms with Gasteiger partial charge in [0.15, 0.2) is 11.5 Å². The van der Waals surface area contributed by atoms with E-state index in [9.17, 15) is 13.2 Å². The molecule has 31 heavy (non-hydrogen) atoms. The molecule has 1 N–H and O–H groups in total. The number of anilines is 1. The Balaban J connectivity index is 1.89. The molecule has 0 spiro atoms. The standard InChI is InChI=1S/C21H23F3N4O3/c1-13-26-16-11-17(30-3)18(31-9-5-8-29-2)10-15(16)20(27-13)25-12-14-6-4-7-19(28-14)21(22,23)24/h4,6-7,10-11H,5,8-9,12H2,1-3H3,(H,25,26,27). The van der Waals surface area contributed by atoms with E-state index in [1.165, 1.54) is 19.2 Å². The maximum absolute atomic E-state index is 12.9. The highest BCUT2D eigenvalue weighted by atomic mass is 19.4. The Kier molecular flexibility index (Phi) is 7.11. The van der Waals surface area contributed by atoms with Gasteiger partial charge >= 0.3 is 6.18 Å². The number of fused-ring (bicyclic) bond motifs is 1. The first kappa shape index (κ1) is 22.5. The van der Waals surface area contributed by atoms with Crippen LogP contribution in [0.25, 0.3) is 10.9 Å². The molecule has 0 unspecified atom stereocenters. The number of halogens is 3. The molecule has 3 aromatic rings. The van der Waals surface area contributed by atoms with Crippen LogP contribution in [-0.4, -0.2) is 42.4 Å². The van der Waals surface area contributed by atoms with Gasteiger partial charge in [0.2, 0.25) is 0 Å². The largest absolute Gasteiger partial charge is 0.493 e. The molecule has 10 heteroatoms. The van der Waals surface area contributed by atoms with Crippen molar-refractivity contribution >= 4 is 16.7 Å². The summed E-state index contributed by atoms with van der Waals surface area (Å²) in [6.07, 6.45) is -3.80. The zero-order valence-corrected chi connectivity index (χ0v) is 17.4. The highest BCUT2D eigenvalue weighted by Crippen LogP contribution is 2.34. The van der Waals surface area contributed by atoms with Crippen LogP contribution in [-0.2, 0) is 17.5 Å². The fourth-order valence-corrected chi connectivity index (χ4v) is 2.96. The number of pyridine rings is 1. The van der Waals surface area contributed by atoms with Crippen LogP contribution in [0.1, 0.15) is 23.6 Å². The number of rotatable bonds is 9. The Morgan fingerprint density at radius 3 is 2.52 bits per heavy atom. The van der Waals surface area contributed by atoms with Gasteiger partial charge in [0, 0.05) is 31.6 Å². The highest BCUT2D eigenvalue weighted by molar-refractivity contribution is 5.91. The van der Waals surface area contributed by atoms with Crippen LogP contribution in [0.2, 0.25) is 0 Å². The molecular formula is C21H23F3N4O3. The zero-order valence-electron chi connectivity index (χ0n) is 17.4. The van der Waals surface area contributed by atoms with Crippen LogP contribution in [0.15, 0.2) is 30.3 Å². The molecular weight excluding hydrogens is 413 g/mol. The minimum atomic E-state index is -4.50. The fraction of sp³-hybridized carbons (Fsp3) is 0.381. The van der Waals surface area contributed by atoms with Crippen LogP contribution in [0, 0.1) is 6.92 Å². The molecule has 2 heterocycles. The first-order chi connectivity index (χ1) is 14.8. The lowest BCUT2D eigenvalue weighted by molar-refractivity contribution is -0.141. The van der Waals surface area contributed by atoms with Crippen molar-refractivity contribution < 1.29 is 27.4 Å². The van der Waals surface area contributed by atoms with E-state index in [0.29, 0.717) is 53.7 Å². The number of methoxy groups -OCH3 is 2. The van der Waals surface area contributed by atoms with Gasteiger partial charge in [-0.25, -0.2) is 15.0 Å². The smallest absolute Gasteiger partial charge is 0.433 e. The molecule has 0 radical (unpaired) electrons. The lowest BCUT2D eigenvalue weighted by Crippen LogP contribution is -2.11. The molecule has 0 bridgehead atoms. The van der Waals surface area contributed by atoms with Gasteiger partial charge in [-0.2, -0.15) is 13.2 Å². The summed E-state index contributed by atoms with van der Waals surface area (Å²) >= 11 is 0. The van der Waals surface area contributed by atoms with E-state index < -0.39 is 11.9 Å². The van der Waals surface area contributed by atoms with Gasteiger partial charge in [0.1, 0.15) is 17.3 Å². The molecule has 0 aliphatic heterocycles. The molecule has 166 valence electrons. The van der Waals surface area contributed by atoms with Crippen molar-refractivity contribution in [3.63, 3.8) is 0 Å². The van der Waals surface area contributed by atoms with Crippen LogP contribution >= 0.6 is 0 Å². The number of aromatic nitrogens is 3. The molecule has 0 saturated carbocycles. The average Bonchev–Trinajstić information content (AvgIpc) is 2.74. The number of alkyl halides is 3. The second-order valence-corrected chi connectivity index (χ2v) is 6.70. The summed E-state index contributed by atoms with van der Waals surface area (Å²) in [6.45, 7) is 2.79. The quantitative estimate of drug-likeness (QED) is 0.499. The van der Waals surface area contributed by atoms with Crippen molar-refractivity contribution in [3.05, 3.63) is 47.5 Å². The first-order valence-electron chi connectivity index (χ1n) is 9.57. The summed E-state index contributed by atoms with van der Waals surface area (Å²) in [5.74, 6) is 2.00. The van der Waals surface area contributed by atoms with Crippen molar-refractivity contribution in [1.29, 1.82) is 0 Å². The minimum Gasteiger partial charge on any atom is -0.493 e. The molecule has 3 rings (SSSR count). The molecule has 0 aliphatic rings. The molecule has 0 fully saturated rings. The van der Waals surface area contributed by atoms with Gasteiger partial charge in [-0.1, -0.05) is 6.07 Å². The number of benzene rings is 1. The Bertz CT molecular complexity index is 1040. The predicted octanol–water partition coefficient (Wildman–Crippen LogP) is 4.39. The van der Waals surface area contributed by atoms with Crippen LogP contribution in [0.5, 0.6) is 11.5 Å². The van der Waals surface area contributed by atoms with Gasteiger partial charge in [-0.15, -0.1) is 0 Å². The maximum atomic E-state index is 12.9. The SMILES string of the molecule is COCCCOc1cc2c(NCc3cccc(C(F)(F)F)n3)nc(C)nc2cc1OC. The monoisotopic (exact) mass is 436 g/mol. The number of hydrogen-bond donors (Lipinski definition) is 1. The maximum Gasteiger partial charge on any atom is 0.433 e. The average molecular weight is 436 g/mol. The van der Waals surface area contributed by atoms with Gasteiger partial charge in [0.25, 0.3) is 0 Å². The zero-order chi connectivity index (χ0) is 22.4. The number of ether oxygens (including phenoxy) is 3. The second-order valence-electron chi connectivity index (χ2n) is 6.70. The lowest BCUT2D eigenvalue weighted by Gasteiger charge is -2.15. The number of aryl methyl sites for hydroxylation is 1. The van der Waals surface area contributed by atoms with Gasteiger partial charge in [0.05, 0.1) is 31.5 Å². The Morgan fingerprint density at radius 2 is 1.81 bits per heavy atom. The second kappa shape index (κ2) is 9.78. The van der Waals surface area contributed by atoms with E-state index in [-0.39, 0.29) is 12.2 Å². The molecule has 2 aromatic heterocycles. The third-order valence-electron chi connectivity index (χ3n) is 4.38. The summed E-state index contributed by atoms with van der Waals surface area (Å²) in [4.78, 5) is 12.5. The van der Waals surface area contributed by atoms with Crippen LogP contribution in [0.3, 0.4) is 0 Å². The van der Waals surface area contributed by atoms with E-state index in [0.717, 1.165) is 6.07 Å². The number of nitrogens with one attached hydrogen (secondary N) is 1. The Morgan fingerprint density at radius 1 is 1.00 bits per heavy atom. The van der Waals surface area contributed by atoms with Gasteiger partial charge < -0.3 is 19.5 Å². The molecule has 0 amide bonds. The fourth-order valence-electron chi connectivity index (χ4n) is 2.96. The van der Waals surface area contributed by atoms with Gasteiger partial charge in [-0.3, -0.25) is 0 Å². The van der Waals surface area contributed by atoms with Crippen LogP contribution < -0.4 is 14.8 Å². The van der Waals surface area contributed by atoms with Crippen molar-refractivity contribution in [3.8, 4) is 11.5 Å². The van der Waals surface area contributed by atoms with E-state index in [1.54, 1.807) is 26.2 Å². The summed E-state index contributed by atoms with van der Waals surface area (Å²) in [6, 6.07) is 7.28. The summed E-state index contributed by atoms with van der Waals surface area (Å²) in [5, 5.41) is 3.72. The molecule has 0 aliphatic carbocycles. The Hall–Kier alpha value is -3.14. The van der Waals surface area contributed by atoms with E-state index >= 15 is 0 Å². The lowest BCUT2D eigenvalue weighted by atomic mass is 10.2. The third kappa shape index (κ3) is 5.72. The number of hydrogen-bond acceptors (Lipinski definition) is 7. The first-order valence-corrected chi connectivity index (χ1v) is 9.57. The van der Waals surface area contributed by atoms with Crippen LogP contribution in [0.4, 0.5) is 19.0 Å². The highest BCUT2D eigenvalue weighted by Gasteiger charge is 2.32. The normalized spacial score (nSPS) is 11.5. The predicted molar refractivity (Wildman–Crippen MR) is 109 cm³/mol. The molecule has 1 aromatic carbocycles. The summed E-state index contributed by atoms with van der Waals surface area (Å²) < 4.78 is 55.0. The molecule has 0 atom stereocenters. The third-order valence-corrected chi connectivity index (χ3v) is 4.38. The molecule has 7 nitrogen and oxygen atoms in total. The van der Waals surface area contributed by atoms with Crippen molar-refractivity contribution in [2.45, 2.75) is 26.1 Å². The Labute approximate surface area is 177 Å². The minimum absolute atomic E-state index is 0.0610. The number of nitrogens with zero attached hydrogens (tertiary/aromatic N) is 3. The van der Waals surface area contributed by atoms with Crippen molar-refractivity contribution in [1.82, 2.24) is 15.0 Å². The van der Waals surface area contributed by atoms with E-state index in [1.807, 2.05) is 0 Å². The molecule has 0 saturated heterocycles. The topological polar surface area (TPSA) is 78.4 Å². The van der Waals surface area contributed by atoms with E-state index in [2.05, 4.69) is 20.3 Å². The van der Waals surface area contributed by atoms with E-state index in [4.69, 9.17) is 14.2 Å². The summed E-state index contributed by atoms with van der Waals surface area (Å²) in [5.41, 5.74) is -0.0797. The van der Waals surface area contributed by atoms with Crippen molar-refractivity contribution in [2.75, 3.05) is 32.8 Å². The summed E-state index contributed by atoms with van der Waals surface area (Å²) in [7, 11) is 3.16. The van der Waals surface area contributed by atoms with Gasteiger partial charge in [-0.05, 0) is 25.1 Å².